The van der Waals surface area contributed by atoms with Crippen molar-refractivity contribution in [1.29, 1.82) is 0 Å². The molecule has 22 heavy (non-hydrogen) atoms. The van der Waals surface area contributed by atoms with Crippen LogP contribution in [0.5, 0.6) is 0 Å². The second-order valence-electron chi connectivity index (χ2n) is 6.36. The van der Waals surface area contributed by atoms with E-state index in [2.05, 4.69) is 0 Å². The minimum Gasteiger partial charge on any atom is -0.396 e. The number of carbonyl (C=O) groups excluding carboxylic acids is 1. The van der Waals surface area contributed by atoms with Crippen LogP contribution < -0.4 is 0 Å². The Kier molecular flexibility index (Phi) is 5.01. The van der Waals surface area contributed by atoms with Crippen LogP contribution in [0.2, 0.25) is 5.02 Å². The van der Waals surface area contributed by atoms with Gasteiger partial charge in [-0.1, -0.05) is 23.7 Å². The predicted molar refractivity (Wildman–Crippen MR) is 84.9 cm³/mol. The fourth-order valence-electron chi connectivity index (χ4n) is 3.04. The first kappa shape index (κ1) is 15.8. The lowest BCUT2D eigenvalue weighted by molar-refractivity contribution is -0.135. The van der Waals surface area contributed by atoms with Crippen LogP contribution in [0.15, 0.2) is 24.3 Å². The number of hydrogen-bond donors (Lipinski definition) is 1. The number of nitrogens with zero attached hydrogens (tertiary/aromatic N) is 1. The first-order chi connectivity index (χ1) is 10.7. The van der Waals surface area contributed by atoms with E-state index >= 15 is 0 Å². The molecule has 2 atom stereocenters. The Morgan fingerprint density at radius 2 is 2.00 bits per heavy atom. The molecular formula is C17H22ClNO3. The average molecular weight is 324 g/mol. The summed E-state index contributed by atoms with van der Waals surface area (Å²) in [6.07, 6.45) is 2.45. The van der Waals surface area contributed by atoms with E-state index in [1.165, 1.54) is 12.8 Å². The Labute approximate surface area is 136 Å². The highest BCUT2D eigenvalue weighted by molar-refractivity contribution is 6.30. The van der Waals surface area contributed by atoms with Gasteiger partial charge in [-0.2, -0.15) is 0 Å². The van der Waals surface area contributed by atoms with E-state index in [4.69, 9.17) is 16.3 Å². The van der Waals surface area contributed by atoms with Gasteiger partial charge in [0, 0.05) is 36.6 Å². The summed E-state index contributed by atoms with van der Waals surface area (Å²) in [6.45, 7) is 2.17. The molecule has 4 nitrogen and oxygen atoms in total. The first-order valence-electron chi connectivity index (χ1n) is 7.89. The maximum atomic E-state index is 12.2. The van der Waals surface area contributed by atoms with Gasteiger partial charge in [0.2, 0.25) is 5.91 Å². The predicted octanol–water partition coefficient (Wildman–Crippen LogP) is 2.30. The molecule has 2 fully saturated rings. The summed E-state index contributed by atoms with van der Waals surface area (Å²) in [4.78, 5) is 14.1. The van der Waals surface area contributed by atoms with Crippen LogP contribution in [0.3, 0.4) is 0 Å². The van der Waals surface area contributed by atoms with Crippen molar-refractivity contribution in [3.63, 3.8) is 0 Å². The molecule has 1 heterocycles. The molecule has 1 N–H and O–H groups in total. The zero-order chi connectivity index (χ0) is 15.5. The molecule has 1 aromatic carbocycles. The highest BCUT2D eigenvalue weighted by atomic mass is 35.5. The van der Waals surface area contributed by atoms with Crippen molar-refractivity contribution in [1.82, 2.24) is 4.90 Å². The Morgan fingerprint density at radius 1 is 1.27 bits per heavy atom. The third kappa shape index (κ3) is 3.80. The van der Waals surface area contributed by atoms with Crippen LogP contribution in [0.25, 0.3) is 0 Å². The minimum atomic E-state index is 0.0237. The quantitative estimate of drug-likeness (QED) is 0.874. The molecule has 1 saturated carbocycles. The number of aliphatic hydroxyl groups is 1. The number of halogens is 1. The Hall–Kier alpha value is -1.10. The molecule has 1 aliphatic carbocycles. The van der Waals surface area contributed by atoms with Crippen LogP contribution in [0.4, 0.5) is 0 Å². The van der Waals surface area contributed by atoms with Gasteiger partial charge in [-0.3, -0.25) is 4.79 Å². The van der Waals surface area contributed by atoms with Gasteiger partial charge in [-0.25, -0.2) is 0 Å². The maximum absolute atomic E-state index is 12.2. The summed E-state index contributed by atoms with van der Waals surface area (Å²) >= 11 is 5.93. The molecule has 2 aliphatic rings. The molecule has 5 heteroatoms. The summed E-state index contributed by atoms with van der Waals surface area (Å²) < 4.78 is 5.49. The summed E-state index contributed by atoms with van der Waals surface area (Å²) in [6, 6.07) is 7.67. The molecule has 0 spiro atoms. The standard InChI is InChI=1S/C17H22ClNO3/c18-15-5-3-13(4-6-15)16-8-19(7-14(16)9-20)17(21)11-22-10-12-1-2-12/h3-6,12,14,16,20H,1-2,7-11H2/t14-,16-/m0/s1. The summed E-state index contributed by atoms with van der Waals surface area (Å²) in [5, 5.41) is 10.3. The molecule has 0 aromatic heterocycles. The van der Waals surface area contributed by atoms with Gasteiger partial charge in [0.25, 0.3) is 0 Å². The Morgan fingerprint density at radius 3 is 2.64 bits per heavy atom. The minimum absolute atomic E-state index is 0.0237. The van der Waals surface area contributed by atoms with Crippen LogP contribution in [-0.2, 0) is 9.53 Å². The lowest BCUT2D eigenvalue weighted by Crippen LogP contribution is -2.32. The van der Waals surface area contributed by atoms with E-state index in [1.807, 2.05) is 29.2 Å². The molecule has 0 bridgehead atoms. The number of benzene rings is 1. The summed E-state index contributed by atoms with van der Waals surface area (Å²) in [5.41, 5.74) is 1.12. The van der Waals surface area contributed by atoms with E-state index < -0.39 is 0 Å². The lowest BCUT2D eigenvalue weighted by Gasteiger charge is -2.17. The molecule has 3 rings (SSSR count). The SMILES string of the molecule is O=C(COCC1CC1)N1C[C@@H](CO)[C@H](c2ccc(Cl)cc2)C1. The largest absolute Gasteiger partial charge is 0.396 e. The van der Waals surface area contributed by atoms with Crippen molar-refractivity contribution in [2.45, 2.75) is 18.8 Å². The monoisotopic (exact) mass is 323 g/mol. The zero-order valence-electron chi connectivity index (χ0n) is 12.6. The number of rotatable bonds is 6. The second kappa shape index (κ2) is 6.99. The van der Waals surface area contributed by atoms with E-state index in [1.54, 1.807) is 0 Å². The molecule has 1 aliphatic heterocycles. The summed E-state index contributed by atoms with van der Waals surface area (Å²) in [5.74, 6) is 0.928. The molecule has 1 aromatic rings. The van der Waals surface area contributed by atoms with Gasteiger partial charge in [0.15, 0.2) is 0 Å². The zero-order valence-corrected chi connectivity index (χ0v) is 13.3. The van der Waals surface area contributed by atoms with Crippen molar-refractivity contribution >= 4 is 17.5 Å². The van der Waals surface area contributed by atoms with Crippen LogP contribution in [-0.4, -0.2) is 48.8 Å². The fourth-order valence-corrected chi connectivity index (χ4v) is 3.16. The van der Waals surface area contributed by atoms with Crippen molar-refractivity contribution in [3.8, 4) is 0 Å². The molecule has 1 saturated heterocycles. The number of ether oxygens (including phenoxy) is 1. The second-order valence-corrected chi connectivity index (χ2v) is 6.79. The number of hydrogen-bond acceptors (Lipinski definition) is 3. The van der Waals surface area contributed by atoms with Crippen LogP contribution >= 0.6 is 11.6 Å². The van der Waals surface area contributed by atoms with E-state index in [0.717, 1.165) is 5.56 Å². The van der Waals surface area contributed by atoms with Gasteiger partial charge >= 0.3 is 0 Å². The Balaban J connectivity index is 1.58. The highest BCUT2D eigenvalue weighted by Crippen LogP contribution is 2.33. The van der Waals surface area contributed by atoms with Gasteiger partial charge in [-0.05, 0) is 36.5 Å². The smallest absolute Gasteiger partial charge is 0.248 e. The molecule has 0 radical (unpaired) electrons. The summed E-state index contributed by atoms with van der Waals surface area (Å²) in [7, 11) is 0. The fraction of sp³-hybridized carbons (Fsp3) is 0.588. The van der Waals surface area contributed by atoms with Crippen molar-refractivity contribution in [2.75, 3.05) is 32.9 Å². The first-order valence-corrected chi connectivity index (χ1v) is 8.27. The number of amides is 1. The highest BCUT2D eigenvalue weighted by Gasteiger charge is 2.35. The molecule has 120 valence electrons. The van der Waals surface area contributed by atoms with E-state index in [9.17, 15) is 9.90 Å². The molecule has 0 unspecified atom stereocenters. The maximum Gasteiger partial charge on any atom is 0.248 e. The topological polar surface area (TPSA) is 49.8 Å². The number of likely N-dealkylation sites (tertiary alicyclic amines) is 1. The number of aliphatic hydroxyl groups excluding tert-OH is 1. The third-order valence-corrected chi connectivity index (χ3v) is 4.85. The lowest BCUT2D eigenvalue weighted by atomic mass is 9.90. The molecule has 1 amide bonds. The number of carbonyl (C=O) groups is 1. The Bertz CT molecular complexity index is 515. The van der Waals surface area contributed by atoms with Gasteiger partial charge in [0.1, 0.15) is 6.61 Å². The van der Waals surface area contributed by atoms with Gasteiger partial charge in [0.05, 0.1) is 6.61 Å². The van der Waals surface area contributed by atoms with Crippen LogP contribution in [0, 0.1) is 11.8 Å². The van der Waals surface area contributed by atoms with Gasteiger partial charge < -0.3 is 14.7 Å². The average Bonchev–Trinajstić information content (AvgIpc) is 3.24. The van der Waals surface area contributed by atoms with Gasteiger partial charge in [-0.15, -0.1) is 0 Å². The normalized spacial score (nSPS) is 24.7. The third-order valence-electron chi connectivity index (χ3n) is 4.60. The van der Waals surface area contributed by atoms with Crippen molar-refractivity contribution < 1.29 is 14.6 Å². The van der Waals surface area contributed by atoms with Crippen molar-refractivity contribution in [2.24, 2.45) is 11.8 Å². The van der Waals surface area contributed by atoms with Crippen molar-refractivity contribution in [3.05, 3.63) is 34.9 Å². The van der Waals surface area contributed by atoms with Crippen LogP contribution in [0.1, 0.15) is 24.3 Å². The van der Waals surface area contributed by atoms with E-state index in [-0.39, 0.29) is 31.0 Å². The van der Waals surface area contributed by atoms with E-state index in [0.29, 0.717) is 30.6 Å². The molecular weight excluding hydrogens is 302 g/mol.